The zero-order valence-corrected chi connectivity index (χ0v) is 11.8. The Morgan fingerprint density at radius 3 is 2.35 bits per heavy atom. The number of nitrogens with one attached hydrogen (secondary N) is 1. The van der Waals surface area contributed by atoms with Gasteiger partial charge in [-0.2, -0.15) is 0 Å². The molecule has 4 nitrogen and oxygen atoms in total. The molecule has 4 heteroatoms. The zero-order valence-electron chi connectivity index (χ0n) is 11.8. The minimum atomic E-state index is -0.159. The molecule has 0 aliphatic rings. The zero-order chi connectivity index (χ0) is 13.3. The predicted octanol–water partition coefficient (Wildman–Crippen LogP) is 1.98. The Morgan fingerprint density at radius 1 is 1.18 bits per heavy atom. The normalized spacial score (nSPS) is 14.7. The fourth-order valence-corrected chi connectivity index (χ4v) is 1.44. The Morgan fingerprint density at radius 2 is 1.82 bits per heavy atom. The smallest absolute Gasteiger partial charge is 0.309 e. The van der Waals surface area contributed by atoms with E-state index in [4.69, 9.17) is 9.47 Å². The average molecular weight is 245 g/mol. The van der Waals surface area contributed by atoms with Crippen LogP contribution < -0.4 is 5.32 Å². The van der Waals surface area contributed by atoms with Gasteiger partial charge < -0.3 is 14.8 Å². The Balaban J connectivity index is 3.51. The summed E-state index contributed by atoms with van der Waals surface area (Å²) < 4.78 is 10.2. The van der Waals surface area contributed by atoms with Gasteiger partial charge in [-0.25, -0.2) is 0 Å². The molecule has 0 rings (SSSR count). The fraction of sp³-hybridized carbons (Fsp3) is 0.923. The predicted molar refractivity (Wildman–Crippen MR) is 69.0 cm³/mol. The Kier molecular flexibility index (Phi) is 9.09. The molecule has 1 N–H and O–H groups in total. The van der Waals surface area contributed by atoms with Gasteiger partial charge in [-0.05, 0) is 40.2 Å². The molecule has 2 atom stereocenters. The minimum absolute atomic E-state index is 0.105. The molecule has 0 aromatic heterocycles. The molecule has 0 amide bonds. The summed E-state index contributed by atoms with van der Waals surface area (Å²) in [5, 5.41) is 3.33. The molecule has 17 heavy (non-hydrogen) atoms. The van der Waals surface area contributed by atoms with Crippen LogP contribution in [0.5, 0.6) is 0 Å². The van der Waals surface area contributed by atoms with Crippen LogP contribution in [0.3, 0.4) is 0 Å². The molecular formula is C13H27NO3. The van der Waals surface area contributed by atoms with Crippen molar-refractivity contribution in [2.24, 2.45) is 5.92 Å². The van der Waals surface area contributed by atoms with E-state index in [0.717, 1.165) is 26.0 Å². The molecule has 0 fully saturated rings. The number of carbonyl (C=O) groups is 1. The lowest BCUT2D eigenvalue weighted by atomic mass is 10.0. The van der Waals surface area contributed by atoms with E-state index in [1.807, 2.05) is 27.7 Å². The molecule has 0 saturated heterocycles. The van der Waals surface area contributed by atoms with Crippen molar-refractivity contribution in [3.63, 3.8) is 0 Å². The van der Waals surface area contributed by atoms with Crippen molar-refractivity contribution in [2.45, 2.75) is 52.7 Å². The lowest BCUT2D eigenvalue weighted by Gasteiger charge is -2.19. The highest BCUT2D eigenvalue weighted by Gasteiger charge is 2.19. The first-order valence-electron chi connectivity index (χ1n) is 6.41. The molecule has 0 spiro atoms. The van der Waals surface area contributed by atoms with Gasteiger partial charge in [-0.1, -0.05) is 6.92 Å². The number of carbonyl (C=O) groups excluding carboxylic acids is 1. The highest BCUT2D eigenvalue weighted by molar-refractivity contribution is 5.72. The van der Waals surface area contributed by atoms with E-state index >= 15 is 0 Å². The highest BCUT2D eigenvalue weighted by atomic mass is 16.5. The standard InChI is InChI=1S/C13H27NO3/c1-10(2)17-9-7-6-8-14-12(4)11(3)13(15)16-5/h10-12,14H,6-9H2,1-5H3. The quantitative estimate of drug-likeness (QED) is 0.498. The van der Waals surface area contributed by atoms with Gasteiger partial charge in [-0.15, -0.1) is 0 Å². The van der Waals surface area contributed by atoms with Crippen molar-refractivity contribution >= 4 is 5.97 Å². The van der Waals surface area contributed by atoms with E-state index in [1.165, 1.54) is 7.11 Å². The third kappa shape index (κ3) is 8.16. The summed E-state index contributed by atoms with van der Waals surface area (Å²) >= 11 is 0. The van der Waals surface area contributed by atoms with Gasteiger partial charge in [0.15, 0.2) is 0 Å². The lowest BCUT2D eigenvalue weighted by molar-refractivity contribution is -0.145. The number of esters is 1. The summed E-state index contributed by atoms with van der Waals surface area (Å²) in [5.41, 5.74) is 0. The molecule has 0 bridgehead atoms. The van der Waals surface area contributed by atoms with Gasteiger partial charge >= 0.3 is 5.97 Å². The second-order valence-electron chi connectivity index (χ2n) is 4.68. The van der Waals surface area contributed by atoms with Crippen molar-refractivity contribution in [1.82, 2.24) is 5.32 Å². The first-order valence-corrected chi connectivity index (χ1v) is 6.41. The van der Waals surface area contributed by atoms with Gasteiger partial charge in [0.1, 0.15) is 0 Å². The molecule has 0 saturated carbocycles. The van der Waals surface area contributed by atoms with Crippen molar-refractivity contribution < 1.29 is 14.3 Å². The highest BCUT2D eigenvalue weighted by Crippen LogP contribution is 2.04. The van der Waals surface area contributed by atoms with E-state index in [1.54, 1.807) is 0 Å². The summed E-state index contributed by atoms with van der Waals surface area (Å²) in [4.78, 5) is 11.3. The molecule has 0 aliphatic heterocycles. The molecule has 0 aromatic rings. The van der Waals surface area contributed by atoms with E-state index in [9.17, 15) is 4.79 Å². The Bertz CT molecular complexity index is 207. The monoisotopic (exact) mass is 245 g/mol. The largest absolute Gasteiger partial charge is 0.469 e. The van der Waals surface area contributed by atoms with Crippen LogP contribution in [0.1, 0.15) is 40.5 Å². The molecule has 2 unspecified atom stereocenters. The van der Waals surface area contributed by atoms with Gasteiger partial charge in [-0.3, -0.25) is 4.79 Å². The van der Waals surface area contributed by atoms with Crippen LogP contribution in [0.2, 0.25) is 0 Å². The van der Waals surface area contributed by atoms with Crippen molar-refractivity contribution in [1.29, 1.82) is 0 Å². The van der Waals surface area contributed by atoms with Crippen LogP contribution in [0.25, 0.3) is 0 Å². The number of unbranched alkanes of at least 4 members (excludes halogenated alkanes) is 1. The molecule has 0 aliphatic carbocycles. The molecule has 102 valence electrons. The summed E-state index contributed by atoms with van der Waals surface area (Å²) in [6, 6.07) is 0.147. The second-order valence-corrected chi connectivity index (χ2v) is 4.68. The van der Waals surface area contributed by atoms with Crippen LogP contribution in [-0.4, -0.2) is 38.4 Å². The van der Waals surface area contributed by atoms with Gasteiger partial charge in [0.25, 0.3) is 0 Å². The fourth-order valence-electron chi connectivity index (χ4n) is 1.44. The minimum Gasteiger partial charge on any atom is -0.469 e. The SMILES string of the molecule is COC(=O)C(C)C(C)NCCCCOC(C)C. The van der Waals surface area contributed by atoms with Crippen LogP contribution in [-0.2, 0) is 14.3 Å². The van der Waals surface area contributed by atoms with E-state index in [0.29, 0.717) is 6.10 Å². The summed E-state index contributed by atoms with van der Waals surface area (Å²) in [5.74, 6) is -0.264. The maximum atomic E-state index is 11.3. The van der Waals surface area contributed by atoms with E-state index in [2.05, 4.69) is 5.32 Å². The van der Waals surface area contributed by atoms with Crippen LogP contribution >= 0.6 is 0 Å². The number of ether oxygens (including phenoxy) is 2. The second kappa shape index (κ2) is 9.42. The summed E-state index contributed by atoms with van der Waals surface area (Å²) in [7, 11) is 1.43. The Labute approximate surface area is 105 Å². The van der Waals surface area contributed by atoms with Gasteiger partial charge in [0, 0.05) is 12.6 Å². The average Bonchev–Trinajstić information content (AvgIpc) is 2.30. The molecule has 0 aromatic carbocycles. The van der Waals surface area contributed by atoms with Crippen LogP contribution in [0.15, 0.2) is 0 Å². The third-order valence-corrected chi connectivity index (χ3v) is 2.81. The van der Waals surface area contributed by atoms with Crippen molar-refractivity contribution in [3.8, 4) is 0 Å². The van der Waals surface area contributed by atoms with Gasteiger partial charge in [0.05, 0.1) is 19.1 Å². The Hall–Kier alpha value is -0.610. The molecule has 0 heterocycles. The summed E-state index contributed by atoms with van der Waals surface area (Å²) in [6.45, 7) is 9.68. The first kappa shape index (κ1) is 16.4. The number of rotatable bonds is 9. The molecule has 0 radical (unpaired) electrons. The van der Waals surface area contributed by atoms with Crippen LogP contribution in [0.4, 0.5) is 0 Å². The topological polar surface area (TPSA) is 47.6 Å². The number of hydrogen-bond acceptors (Lipinski definition) is 4. The maximum Gasteiger partial charge on any atom is 0.309 e. The lowest BCUT2D eigenvalue weighted by Crippen LogP contribution is -2.37. The molecular weight excluding hydrogens is 218 g/mol. The van der Waals surface area contributed by atoms with E-state index in [-0.39, 0.29) is 17.9 Å². The summed E-state index contributed by atoms with van der Waals surface area (Å²) in [6.07, 6.45) is 2.41. The number of methoxy groups -OCH3 is 1. The van der Waals surface area contributed by atoms with Crippen LogP contribution in [0, 0.1) is 5.92 Å². The van der Waals surface area contributed by atoms with E-state index < -0.39 is 0 Å². The number of hydrogen-bond donors (Lipinski definition) is 1. The third-order valence-electron chi connectivity index (χ3n) is 2.81. The van der Waals surface area contributed by atoms with Crippen molar-refractivity contribution in [2.75, 3.05) is 20.3 Å². The maximum absolute atomic E-state index is 11.3. The van der Waals surface area contributed by atoms with Crippen molar-refractivity contribution in [3.05, 3.63) is 0 Å². The van der Waals surface area contributed by atoms with Gasteiger partial charge in [0.2, 0.25) is 0 Å². The first-order chi connectivity index (χ1) is 7.99.